The van der Waals surface area contributed by atoms with E-state index in [-0.39, 0.29) is 18.2 Å². The molecule has 1 aliphatic rings. The predicted molar refractivity (Wildman–Crippen MR) is 92.6 cm³/mol. The number of hydrogen-bond acceptors (Lipinski definition) is 3. The maximum atomic E-state index is 10.0. The molecule has 0 amide bonds. The van der Waals surface area contributed by atoms with Crippen molar-refractivity contribution in [2.24, 2.45) is 0 Å². The van der Waals surface area contributed by atoms with Gasteiger partial charge in [-0.3, -0.25) is 0 Å². The maximum Gasteiger partial charge on any atom is 0.120 e. The first kappa shape index (κ1) is 16.0. The molecule has 2 aromatic carbocycles. The first-order valence-electron chi connectivity index (χ1n) is 8.33. The third-order valence-electron chi connectivity index (χ3n) is 4.53. The van der Waals surface area contributed by atoms with E-state index in [0.717, 1.165) is 18.6 Å². The van der Waals surface area contributed by atoms with Crippen molar-refractivity contribution >= 4 is 0 Å². The van der Waals surface area contributed by atoms with Crippen molar-refractivity contribution in [2.45, 2.75) is 44.9 Å². The molecular weight excluding hydrogens is 286 g/mol. The van der Waals surface area contributed by atoms with Crippen LogP contribution in [0.4, 0.5) is 0 Å². The Morgan fingerprint density at radius 2 is 2.00 bits per heavy atom. The van der Waals surface area contributed by atoms with Crippen molar-refractivity contribution in [2.75, 3.05) is 6.61 Å². The Balaban J connectivity index is 1.75. The summed E-state index contributed by atoms with van der Waals surface area (Å²) in [4.78, 5) is 0. The molecule has 0 saturated heterocycles. The normalized spacial score (nSPS) is 19.8. The molecule has 0 saturated carbocycles. The molecule has 0 spiro atoms. The summed E-state index contributed by atoms with van der Waals surface area (Å²) < 4.78 is 5.76. The second kappa shape index (κ2) is 6.73. The summed E-state index contributed by atoms with van der Waals surface area (Å²) in [5.41, 5.74) is 3.41. The lowest BCUT2D eigenvalue weighted by molar-refractivity contribution is 0.158. The van der Waals surface area contributed by atoms with Gasteiger partial charge >= 0.3 is 0 Å². The highest BCUT2D eigenvalue weighted by Gasteiger charge is 2.37. The van der Waals surface area contributed by atoms with Gasteiger partial charge in [0.1, 0.15) is 5.75 Å². The molecule has 0 bridgehead atoms. The van der Waals surface area contributed by atoms with E-state index >= 15 is 0 Å². The molecule has 3 heteroatoms. The van der Waals surface area contributed by atoms with Crippen LogP contribution in [-0.2, 0) is 18.5 Å². The van der Waals surface area contributed by atoms with Crippen molar-refractivity contribution in [3.05, 3.63) is 65.2 Å². The molecule has 3 rings (SSSR count). The van der Waals surface area contributed by atoms with Gasteiger partial charge in [0.15, 0.2) is 0 Å². The average molecular weight is 311 g/mol. The highest BCUT2D eigenvalue weighted by molar-refractivity contribution is 5.39. The lowest BCUT2D eigenvalue weighted by atomic mass is 9.92. The minimum atomic E-state index is -0.328. The Kier molecular flexibility index (Phi) is 4.69. The van der Waals surface area contributed by atoms with Crippen LogP contribution in [0.25, 0.3) is 0 Å². The second-order valence-corrected chi connectivity index (χ2v) is 6.56. The third-order valence-corrected chi connectivity index (χ3v) is 4.53. The molecular formula is C20H25NO2. The van der Waals surface area contributed by atoms with Crippen LogP contribution in [-0.4, -0.2) is 17.8 Å². The van der Waals surface area contributed by atoms with Crippen LogP contribution in [0.15, 0.2) is 48.5 Å². The van der Waals surface area contributed by atoms with Gasteiger partial charge in [0.2, 0.25) is 0 Å². The monoisotopic (exact) mass is 311 g/mol. The molecule has 3 nitrogen and oxygen atoms in total. The van der Waals surface area contributed by atoms with Crippen LogP contribution < -0.4 is 10.1 Å². The van der Waals surface area contributed by atoms with Crippen molar-refractivity contribution in [3.63, 3.8) is 0 Å². The second-order valence-electron chi connectivity index (χ2n) is 6.56. The van der Waals surface area contributed by atoms with E-state index < -0.39 is 0 Å². The van der Waals surface area contributed by atoms with E-state index in [0.29, 0.717) is 6.54 Å². The van der Waals surface area contributed by atoms with Crippen LogP contribution in [0.3, 0.4) is 0 Å². The maximum absolute atomic E-state index is 10.0. The zero-order chi connectivity index (χ0) is 16.3. The number of hydrogen-bond donors (Lipinski definition) is 2. The fourth-order valence-corrected chi connectivity index (χ4v) is 3.36. The summed E-state index contributed by atoms with van der Waals surface area (Å²) in [6.45, 7) is 4.89. The topological polar surface area (TPSA) is 41.5 Å². The molecule has 0 fully saturated rings. The number of aliphatic hydroxyl groups excluding tert-OH is 1. The minimum Gasteiger partial charge on any atom is -0.491 e. The van der Waals surface area contributed by atoms with Gasteiger partial charge in [-0.25, -0.2) is 0 Å². The fraction of sp³-hybridized carbons (Fsp3) is 0.400. The molecule has 1 aliphatic carbocycles. The Hall–Kier alpha value is -1.84. The van der Waals surface area contributed by atoms with Gasteiger partial charge in [0.25, 0.3) is 0 Å². The number of aryl methyl sites for hydroxylation is 1. The van der Waals surface area contributed by atoms with Crippen molar-refractivity contribution in [1.82, 2.24) is 5.32 Å². The zero-order valence-electron chi connectivity index (χ0n) is 13.9. The lowest BCUT2D eigenvalue weighted by Gasteiger charge is -2.30. The molecule has 0 radical (unpaired) electrons. The smallest absolute Gasteiger partial charge is 0.120 e. The Morgan fingerprint density at radius 1 is 1.17 bits per heavy atom. The number of ether oxygens (including phenoxy) is 1. The van der Waals surface area contributed by atoms with Gasteiger partial charge in [-0.05, 0) is 55.5 Å². The van der Waals surface area contributed by atoms with Crippen molar-refractivity contribution in [1.29, 1.82) is 0 Å². The molecule has 1 atom stereocenters. The van der Waals surface area contributed by atoms with Gasteiger partial charge < -0.3 is 15.2 Å². The molecule has 2 aromatic rings. The van der Waals surface area contributed by atoms with Gasteiger partial charge in [-0.2, -0.15) is 0 Å². The van der Waals surface area contributed by atoms with E-state index in [4.69, 9.17) is 4.74 Å². The third kappa shape index (κ3) is 3.41. The molecule has 0 aliphatic heterocycles. The fourth-order valence-electron chi connectivity index (χ4n) is 3.36. The number of aliphatic hydroxyl groups is 1. The summed E-state index contributed by atoms with van der Waals surface area (Å²) in [7, 11) is 0. The van der Waals surface area contributed by atoms with Gasteiger partial charge in [-0.1, -0.05) is 36.4 Å². The summed E-state index contributed by atoms with van der Waals surface area (Å²) in [5.74, 6) is 0.893. The summed E-state index contributed by atoms with van der Waals surface area (Å²) in [5, 5.41) is 13.6. The number of nitrogens with one attached hydrogen (secondary N) is 1. The van der Waals surface area contributed by atoms with E-state index in [1.807, 2.05) is 32.0 Å². The minimum absolute atomic E-state index is 0.117. The molecule has 23 heavy (non-hydrogen) atoms. The molecule has 0 aromatic heterocycles. The highest BCUT2D eigenvalue weighted by atomic mass is 16.5. The van der Waals surface area contributed by atoms with Crippen molar-refractivity contribution in [3.8, 4) is 5.75 Å². The Bertz CT molecular complexity index is 668. The standard InChI is InChI=1S/C20H25NO2/c1-15(2)23-18-8-5-6-16(12-18)13-21-20(14-22)11-10-17-7-3-4-9-19(17)20/h3-9,12,15,21-22H,10-11,13-14H2,1-2H3. The molecule has 2 N–H and O–H groups in total. The predicted octanol–water partition coefficient (Wildman–Crippen LogP) is 3.40. The molecule has 122 valence electrons. The quantitative estimate of drug-likeness (QED) is 0.859. The van der Waals surface area contributed by atoms with E-state index in [1.165, 1.54) is 16.7 Å². The summed E-state index contributed by atoms with van der Waals surface area (Å²) in [6.07, 6.45) is 2.12. The van der Waals surface area contributed by atoms with Crippen LogP contribution in [0, 0.1) is 0 Å². The zero-order valence-corrected chi connectivity index (χ0v) is 13.9. The average Bonchev–Trinajstić information content (AvgIpc) is 2.92. The SMILES string of the molecule is CC(C)Oc1cccc(CNC2(CO)CCc3ccccc32)c1. The van der Waals surface area contributed by atoms with Gasteiger partial charge in [-0.15, -0.1) is 0 Å². The number of rotatable bonds is 6. The van der Waals surface area contributed by atoms with Crippen LogP contribution in [0.1, 0.15) is 37.0 Å². The highest BCUT2D eigenvalue weighted by Crippen LogP contribution is 2.36. The van der Waals surface area contributed by atoms with Crippen LogP contribution >= 0.6 is 0 Å². The number of fused-ring (bicyclic) bond motifs is 1. The van der Waals surface area contributed by atoms with Crippen LogP contribution in [0.5, 0.6) is 5.75 Å². The van der Waals surface area contributed by atoms with Crippen LogP contribution in [0.2, 0.25) is 0 Å². The summed E-state index contributed by atoms with van der Waals surface area (Å²) >= 11 is 0. The van der Waals surface area contributed by atoms with E-state index in [2.05, 4.69) is 35.6 Å². The molecule has 1 unspecified atom stereocenters. The molecule has 0 heterocycles. The Labute approximate surface area is 138 Å². The van der Waals surface area contributed by atoms with E-state index in [1.54, 1.807) is 0 Å². The Morgan fingerprint density at radius 3 is 2.78 bits per heavy atom. The first-order chi connectivity index (χ1) is 11.1. The van der Waals surface area contributed by atoms with Crippen molar-refractivity contribution < 1.29 is 9.84 Å². The largest absolute Gasteiger partial charge is 0.491 e. The lowest BCUT2D eigenvalue weighted by Crippen LogP contribution is -2.43. The van der Waals surface area contributed by atoms with Gasteiger partial charge in [0.05, 0.1) is 18.2 Å². The van der Waals surface area contributed by atoms with Gasteiger partial charge in [0, 0.05) is 6.54 Å². The van der Waals surface area contributed by atoms with E-state index in [9.17, 15) is 5.11 Å². The number of benzene rings is 2. The summed E-state index contributed by atoms with van der Waals surface area (Å²) in [6, 6.07) is 16.6. The first-order valence-corrected chi connectivity index (χ1v) is 8.33.